The molecule has 0 saturated heterocycles. The van der Waals surface area contributed by atoms with Crippen LogP contribution in [-0.2, 0) is 6.54 Å². The van der Waals surface area contributed by atoms with E-state index >= 15 is 0 Å². The quantitative estimate of drug-likeness (QED) is 0.234. The van der Waals surface area contributed by atoms with E-state index in [-0.39, 0.29) is 5.43 Å². The van der Waals surface area contributed by atoms with Gasteiger partial charge in [-0.3, -0.25) is 14.6 Å². The molecule has 0 aliphatic carbocycles. The van der Waals surface area contributed by atoms with Gasteiger partial charge in [0.25, 0.3) is 0 Å². The van der Waals surface area contributed by atoms with Gasteiger partial charge in [-0.05, 0) is 37.4 Å². The first kappa shape index (κ1) is 21.2. The molecule has 164 valence electrons. The minimum absolute atomic E-state index is 0.0111. The van der Waals surface area contributed by atoms with E-state index in [0.717, 1.165) is 63.1 Å². The highest BCUT2D eigenvalue weighted by Gasteiger charge is 2.16. The third-order valence-electron chi connectivity index (χ3n) is 5.61. The first-order valence-electron chi connectivity index (χ1n) is 10.5. The Kier molecular flexibility index (Phi) is 6.15. The van der Waals surface area contributed by atoms with E-state index in [1.54, 1.807) is 23.5 Å². The highest BCUT2D eigenvalue weighted by molar-refractivity contribution is 7.25. The zero-order valence-corrected chi connectivity index (χ0v) is 18.5. The molecular weight excluding hydrogens is 414 g/mol. The number of carbonyl (C=O) groups is 1. The molecule has 4 N–H and O–H groups in total. The van der Waals surface area contributed by atoms with Gasteiger partial charge in [-0.25, -0.2) is 4.79 Å². The van der Waals surface area contributed by atoms with Gasteiger partial charge in [-0.15, -0.1) is 11.3 Å². The maximum Gasteiger partial charge on any atom is 0.404 e. The molecule has 0 bridgehead atoms. The van der Waals surface area contributed by atoms with Gasteiger partial charge in [0.05, 0.1) is 28.0 Å². The fourth-order valence-electron chi connectivity index (χ4n) is 3.96. The molecule has 0 atom stereocenters. The summed E-state index contributed by atoms with van der Waals surface area (Å²) < 4.78 is 4.17. The molecular formula is C22H27N5O3S. The van der Waals surface area contributed by atoms with Crippen molar-refractivity contribution in [2.45, 2.75) is 20.4 Å². The van der Waals surface area contributed by atoms with E-state index in [9.17, 15) is 9.59 Å². The SMILES string of the molecule is CCN(CC)CCn1[nH]c2c3ccc(=O)cc3sc3c(NCCNC(=O)O)ccc1c32. The summed E-state index contributed by atoms with van der Waals surface area (Å²) >= 11 is 1.58. The minimum Gasteiger partial charge on any atom is -0.465 e. The Hall–Kier alpha value is -3.04. The van der Waals surface area contributed by atoms with Gasteiger partial charge in [-0.2, -0.15) is 0 Å². The summed E-state index contributed by atoms with van der Waals surface area (Å²) in [5.41, 5.74) is 3.06. The van der Waals surface area contributed by atoms with Crippen molar-refractivity contribution in [1.82, 2.24) is 20.0 Å². The lowest BCUT2D eigenvalue weighted by Crippen LogP contribution is -2.27. The highest BCUT2D eigenvalue weighted by atomic mass is 32.1. The fourth-order valence-corrected chi connectivity index (χ4v) is 5.19. The van der Waals surface area contributed by atoms with Crippen molar-refractivity contribution in [3.63, 3.8) is 0 Å². The highest BCUT2D eigenvalue weighted by Crippen LogP contribution is 2.40. The molecule has 0 spiro atoms. The van der Waals surface area contributed by atoms with Gasteiger partial charge in [-0.1, -0.05) is 13.8 Å². The number of H-pyrrole nitrogens is 1. The van der Waals surface area contributed by atoms with Crippen molar-refractivity contribution in [2.75, 3.05) is 38.0 Å². The van der Waals surface area contributed by atoms with Crippen molar-refractivity contribution in [3.8, 4) is 0 Å². The Labute approximate surface area is 183 Å². The number of amides is 1. The molecule has 8 nitrogen and oxygen atoms in total. The van der Waals surface area contributed by atoms with Crippen LogP contribution in [0.15, 0.2) is 35.1 Å². The first-order valence-corrected chi connectivity index (χ1v) is 11.3. The predicted octanol–water partition coefficient (Wildman–Crippen LogP) is 3.72. The zero-order chi connectivity index (χ0) is 22.0. The van der Waals surface area contributed by atoms with E-state index in [2.05, 4.69) is 45.2 Å². The molecule has 31 heavy (non-hydrogen) atoms. The van der Waals surface area contributed by atoms with Gasteiger partial charge < -0.3 is 20.6 Å². The average molecular weight is 442 g/mol. The van der Waals surface area contributed by atoms with Crippen LogP contribution >= 0.6 is 11.3 Å². The van der Waals surface area contributed by atoms with E-state index in [0.29, 0.717) is 13.1 Å². The van der Waals surface area contributed by atoms with Crippen LogP contribution in [0, 0.1) is 0 Å². The number of nitrogens with zero attached hydrogens (tertiary/aromatic N) is 2. The molecule has 0 radical (unpaired) electrons. The maximum atomic E-state index is 12.0. The molecule has 0 aliphatic heterocycles. The van der Waals surface area contributed by atoms with Crippen LogP contribution in [0.3, 0.4) is 0 Å². The van der Waals surface area contributed by atoms with E-state index in [1.165, 1.54) is 0 Å². The average Bonchev–Trinajstić information content (AvgIpc) is 3.12. The number of hydrogen-bond donors (Lipinski definition) is 4. The Morgan fingerprint density at radius 2 is 2.00 bits per heavy atom. The topological polar surface area (TPSA) is 102 Å². The van der Waals surface area contributed by atoms with Crippen LogP contribution in [0.4, 0.5) is 10.5 Å². The lowest BCUT2D eigenvalue weighted by atomic mass is 10.1. The Bertz CT molecular complexity index is 1290. The van der Waals surface area contributed by atoms with Crippen molar-refractivity contribution >= 4 is 54.3 Å². The largest absolute Gasteiger partial charge is 0.465 e. The molecule has 2 heterocycles. The fraction of sp³-hybridized carbons (Fsp3) is 0.364. The minimum atomic E-state index is -1.04. The van der Waals surface area contributed by atoms with E-state index in [4.69, 9.17) is 5.11 Å². The van der Waals surface area contributed by atoms with Crippen LogP contribution in [-0.4, -0.2) is 58.6 Å². The van der Waals surface area contributed by atoms with Crippen molar-refractivity contribution in [1.29, 1.82) is 0 Å². The van der Waals surface area contributed by atoms with Gasteiger partial charge in [0.2, 0.25) is 0 Å². The van der Waals surface area contributed by atoms with Crippen molar-refractivity contribution in [2.24, 2.45) is 0 Å². The molecule has 4 rings (SSSR count). The van der Waals surface area contributed by atoms with Crippen molar-refractivity contribution < 1.29 is 9.90 Å². The van der Waals surface area contributed by atoms with Gasteiger partial charge in [0.15, 0.2) is 5.43 Å². The molecule has 2 aromatic heterocycles. The standard InChI is InChI=1S/C22H27N5O3S/c1-3-26(4-2)11-12-27-17-8-7-16(23-9-10-24-22(29)30)21-19(17)20(25-27)15-6-5-14(28)13-18(15)31-21/h5-8,13,23-25H,3-4,9-12H2,1-2H3,(H,29,30). The van der Waals surface area contributed by atoms with E-state index < -0.39 is 6.09 Å². The number of anilines is 1. The van der Waals surface area contributed by atoms with Crippen LogP contribution in [0.2, 0.25) is 0 Å². The number of nitrogens with one attached hydrogen (secondary N) is 3. The summed E-state index contributed by atoms with van der Waals surface area (Å²) in [4.78, 5) is 25.1. The van der Waals surface area contributed by atoms with Gasteiger partial charge >= 0.3 is 6.09 Å². The lowest BCUT2D eigenvalue weighted by molar-refractivity contribution is 0.195. The third-order valence-corrected chi connectivity index (χ3v) is 6.79. The third kappa shape index (κ3) is 4.24. The maximum absolute atomic E-state index is 12.0. The Morgan fingerprint density at radius 3 is 2.74 bits per heavy atom. The number of hydrogen-bond acceptors (Lipinski definition) is 5. The number of likely N-dealkylation sites (N-methyl/N-ethyl adjacent to an activating group) is 1. The summed E-state index contributed by atoms with van der Waals surface area (Å²) in [5, 5.41) is 20.2. The number of aromatic nitrogens is 2. The molecule has 0 aliphatic rings. The Balaban J connectivity index is 1.81. The molecule has 0 unspecified atom stereocenters. The second-order valence-corrected chi connectivity index (χ2v) is 8.47. The normalized spacial score (nSPS) is 11.7. The molecule has 4 aromatic rings. The number of benzene rings is 2. The molecule has 1 amide bonds. The first-order chi connectivity index (χ1) is 15.0. The molecule has 9 heteroatoms. The zero-order valence-electron chi connectivity index (χ0n) is 17.7. The second kappa shape index (κ2) is 8.99. The summed E-state index contributed by atoms with van der Waals surface area (Å²) in [7, 11) is 0. The van der Waals surface area contributed by atoms with Crippen molar-refractivity contribution in [3.05, 3.63) is 40.6 Å². The number of rotatable bonds is 9. The Morgan fingerprint density at radius 1 is 1.19 bits per heavy atom. The predicted molar refractivity (Wildman–Crippen MR) is 128 cm³/mol. The van der Waals surface area contributed by atoms with Crippen LogP contribution in [0.25, 0.3) is 31.2 Å². The number of fused-ring (bicyclic) bond motifs is 2. The summed E-state index contributed by atoms with van der Waals surface area (Å²) in [6.45, 7) is 8.93. The molecule has 2 aromatic carbocycles. The number of carboxylic acid groups (broad SMARTS) is 1. The smallest absolute Gasteiger partial charge is 0.404 e. The number of aromatic amines is 1. The summed E-state index contributed by atoms with van der Waals surface area (Å²) in [6, 6.07) is 9.31. The molecule has 0 fully saturated rings. The lowest BCUT2D eigenvalue weighted by Gasteiger charge is -2.18. The second-order valence-electron chi connectivity index (χ2n) is 7.42. The molecule has 0 saturated carbocycles. The van der Waals surface area contributed by atoms with Crippen LogP contribution < -0.4 is 16.1 Å². The van der Waals surface area contributed by atoms with Crippen LogP contribution in [0.5, 0.6) is 0 Å². The van der Waals surface area contributed by atoms with E-state index in [1.807, 2.05) is 12.1 Å². The van der Waals surface area contributed by atoms with Crippen LogP contribution in [0.1, 0.15) is 13.8 Å². The summed E-state index contributed by atoms with van der Waals surface area (Å²) in [6.07, 6.45) is -1.04. The van der Waals surface area contributed by atoms with Gasteiger partial charge in [0, 0.05) is 41.2 Å². The monoisotopic (exact) mass is 441 g/mol. The summed E-state index contributed by atoms with van der Waals surface area (Å²) in [5.74, 6) is 0. The van der Waals surface area contributed by atoms with Gasteiger partial charge in [0.1, 0.15) is 0 Å².